The predicted molar refractivity (Wildman–Crippen MR) is 114 cm³/mol. The smallest absolute Gasteiger partial charge is 0.240 e. The van der Waals surface area contributed by atoms with E-state index < -0.39 is 10.0 Å². The van der Waals surface area contributed by atoms with Crippen molar-refractivity contribution in [2.24, 2.45) is 0 Å². The van der Waals surface area contributed by atoms with Gasteiger partial charge in [0.15, 0.2) is 0 Å². The Morgan fingerprint density at radius 1 is 1.33 bits per heavy atom. The minimum Gasteiger partial charge on any atom is -0.377 e. The highest BCUT2D eigenvalue weighted by Crippen LogP contribution is 2.19. The molecule has 1 unspecified atom stereocenters. The van der Waals surface area contributed by atoms with Gasteiger partial charge in [-0.25, -0.2) is 18.1 Å². The van der Waals surface area contributed by atoms with Gasteiger partial charge in [-0.1, -0.05) is 12.2 Å². The number of benzene rings is 1. The molecular formula is C20H24N6O3S. The number of rotatable bonds is 9. The number of nitrogens with zero attached hydrogens (tertiary/aromatic N) is 3. The fourth-order valence-electron chi connectivity index (χ4n) is 2.87. The third kappa shape index (κ3) is 5.76. The summed E-state index contributed by atoms with van der Waals surface area (Å²) in [6.07, 6.45) is 6.98. The number of sulfonamides is 1. The zero-order chi connectivity index (χ0) is 21.4. The molecule has 3 rings (SSSR count). The van der Waals surface area contributed by atoms with E-state index in [4.69, 9.17) is 4.74 Å². The minimum absolute atomic E-state index is 0.0649. The summed E-state index contributed by atoms with van der Waals surface area (Å²) in [5.74, 6) is 0.717. The van der Waals surface area contributed by atoms with Crippen molar-refractivity contribution < 1.29 is 13.2 Å². The van der Waals surface area contributed by atoms with Crippen LogP contribution in [0.3, 0.4) is 0 Å². The molecule has 0 saturated carbocycles. The zero-order valence-electron chi connectivity index (χ0n) is 16.6. The molecule has 10 heteroatoms. The van der Waals surface area contributed by atoms with E-state index >= 15 is 0 Å². The third-order valence-electron chi connectivity index (χ3n) is 4.48. The summed E-state index contributed by atoms with van der Waals surface area (Å²) in [6.45, 7) is 3.38. The summed E-state index contributed by atoms with van der Waals surface area (Å²) in [4.78, 5) is 8.62. The van der Waals surface area contributed by atoms with Crippen LogP contribution in [0, 0.1) is 11.3 Å². The van der Waals surface area contributed by atoms with Gasteiger partial charge >= 0.3 is 0 Å². The van der Waals surface area contributed by atoms with Gasteiger partial charge in [0.05, 0.1) is 17.2 Å². The summed E-state index contributed by atoms with van der Waals surface area (Å²) >= 11 is 0. The summed E-state index contributed by atoms with van der Waals surface area (Å²) in [5.41, 5.74) is 0.959. The largest absolute Gasteiger partial charge is 0.377 e. The molecule has 1 atom stereocenters. The number of hydrogen-bond donors (Lipinski definition) is 3. The number of hydrogen-bond acceptors (Lipinski definition) is 8. The highest BCUT2D eigenvalue weighted by molar-refractivity contribution is 7.89. The van der Waals surface area contributed by atoms with Crippen LogP contribution in [0.4, 0.5) is 17.5 Å². The average molecular weight is 429 g/mol. The molecule has 1 aliphatic rings. The highest BCUT2D eigenvalue weighted by Gasteiger charge is 2.20. The van der Waals surface area contributed by atoms with Crippen molar-refractivity contribution in [2.45, 2.75) is 30.8 Å². The fraction of sp³-hybridized carbons (Fsp3) is 0.350. The van der Waals surface area contributed by atoms with Crippen molar-refractivity contribution in [3.8, 4) is 6.07 Å². The molecule has 30 heavy (non-hydrogen) atoms. The van der Waals surface area contributed by atoms with Crippen LogP contribution in [-0.2, 0) is 14.8 Å². The molecular weight excluding hydrogens is 404 g/mol. The number of anilines is 3. The molecule has 3 N–H and O–H groups in total. The predicted octanol–water partition coefficient (Wildman–Crippen LogP) is 2.54. The second-order valence-corrected chi connectivity index (χ2v) is 8.42. The van der Waals surface area contributed by atoms with Gasteiger partial charge in [-0.15, -0.1) is 0 Å². The Labute approximate surface area is 176 Å². The van der Waals surface area contributed by atoms with Gasteiger partial charge in [-0.05, 0) is 44.0 Å². The van der Waals surface area contributed by atoms with E-state index in [1.807, 2.05) is 25.1 Å². The van der Waals surface area contributed by atoms with Crippen LogP contribution in [0.1, 0.15) is 25.3 Å². The lowest BCUT2D eigenvalue weighted by atomic mass is 10.2. The summed E-state index contributed by atoms with van der Waals surface area (Å²) in [5, 5.41) is 15.3. The summed E-state index contributed by atoms with van der Waals surface area (Å²) in [7, 11) is -3.61. The molecule has 1 fully saturated rings. The monoisotopic (exact) mass is 428 g/mol. The highest BCUT2D eigenvalue weighted by atomic mass is 32.2. The van der Waals surface area contributed by atoms with Crippen LogP contribution in [0.2, 0.25) is 0 Å². The van der Waals surface area contributed by atoms with E-state index in [0.717, 1.165) is 12.8 Å². The van der Waals surface area contributed by atoms with Crippen LogP contribution in [0.5, 0.6) is 0 Å². The summed E-state index contributed by atoms with van der Waals surface area (Å²) < 4.78 is 32.9. The quantitative estimate of drug-likeness (QED) is 0.520. The molecule has 1 aliphatic heterocycles. The Morgan fingerprint density at radius 3 is 2.80 bits per heavy atom. The van der Waals surface area contributed by atoms with E-state index in [9.17, 15) is 13.7 Å². The number of nitrogens with one attached hydrogen (secondary N) is 3. The molecule has 2 heterocycles. The maximum Gasteiger partial charge on any atom is 0.240 e. The van der Waals surface area contributed by atoms with Gasteiger partial charge in [0.1, 0.15) is 17.5 Å². The molecule has 0 radical (unpaired) electrons. The first-order valence-electron chi connectivity index (χ1n) is 9.62. The van der Waals surface area contributed by atoms with Gasteiger partial charge in [-0.2, -0.15) is 10.2 Å². The van der Waals surface area contributed by atoms with E-state index in [1.165, 1.54) is 18.3 Å². The van der Waals surface area contributed by atoms with Crippen LogP contribution in [0.15, 0.2) is 47.5 Å². The van der Waals surface area contributed by atoms with E-state index in [1.54, 1.807) is 12.1 Å². The minimum atomic E-state index is -3.61. The molecule has 1 saturated heterocycles. The second-order valence-electron chi connectivity index (χ2n) is 6.65. The van der Waals surface area contributed by atoms with E-state index in [-0.39, 0.29) is 17.5 Å². The molecule has 0 bridgehead atoms. The number of nitriles is 1. The molecule has 9 nitrogen and oxygen atoms in total. The standard InChI is InChI=1S/C20H24N6O3S/c1-2-3-10-22-19-15(12-21)13-23-20(26-19)25-16-6-8-18(9-7-16)30(27,28)24-14-17-5-4-11-29-17/h2-3,6-9,13,17,24H,4-5,10-11,14H2,1H3,(H2,22,23,25,26). The Morgan fingerprint density at radius 2 is 2.13 bits per heavy atom. The van der Waals surface area contributed by atoms with Crippen molar-refractivity contribution in [1.29, 1.82) is 5.26 Å². The summed E-state index contributed by atoms with van der Waals surface area (Å²) in [6, 6.07) is 8.33. The van der Waals surface area contributed by atoms with Crippen molar-refractivity contribution in [2.75, 3.05) is 30.3 Å². The van der Waals surface area contributed by atoms with Gasteiger partial charge in [-0.3, -0.25) is 0 Å². The first-order chi connectivity index (χ1) is 14.5. The van der Waals surface area contributed by atoms with Gasteiger partial charge in [0, 0.05) is 25.4 Å². The Balaban J connectivity index is 1.66. The first-order valence-corrected chi connectivity index (χ1v) is 11.1. The van der Waals surface area contributed by atoms with Crippen molar-refractivity contribution in [3.05, 3.63) is 48.2 Å². The van der Waals surface area contributed by atoms with Gasteiger partial charge in [0.25, 0.3) is 0 Å². The van der Waals surface area contributed by atoms with Crippen molar-refractivity contribution in [3.63, 3.8) is 0 Å². The number of aromatic nitrogens is 2. The maximum absolute atomic E-state index is 12.4. The van der Waals surface area contributed by atoms with Crippen LogP contribution >= 0.6 is 0 Å². The van der Waals surface area contributed by atoms with Gasteiger partial charge in [0.2, 0.25) is 16.0 Å². The molecule has 2 aromatic rings. The molecule has 1 aromatic carbocycles. The lowest BCUT2D eigenvalue weighted by Gasteiger charge is -2.12. The fourth-order valence-corrected chi connectivity index (χ4v) is 3.94. The molecule has 158 valence electrons. The molecule has 0 spiro atoms. The Hall–Kier alpha value is -3.00. The Bertz CT molecular complexity index is 1030. The van der Waals surface area contributed by atoms with E-state index in [2.05, 4.69) is 25.3 Å². The normalized spacial score (nSPS) is 16.5. The Kier molecular flexibility index (Phi) is 7.35. The SMILES string of the molecule is CC=CCNc1nc(Nc2ccc(S(=O)(=O)NCC3CCCO3)cc2)ncc1C#N. The lowest BCUT2D eigenvalue weighted by molar-refractivity contribution is 0.114. The zero-order valence-corrected chi connectivity index (χ0v) is 17.4. The molecule has 0 aliphatic carbocycles. The van der Waals surface area contributed by atoms with Crippen LogP contribution in [0.25, 0.3) is 0 Å². The number of allylic oxidation sites excluding steroid dienone is 1. The molecule has 0 amide bonds. The van der Waals surface area contributed by atoms with Crippen molar-refractivity contribution in [1.82, 2.24) is 14.7 Å². The number of ether oxygens (including phenoxy) is 1. The topological polar surface area (TPSA) is 129 Å². The first kappa shape index (κ1) is 21.7. The third-order valence-corrected chi connectivity index (χ3v) is 5.92. The maximum atomic E-state index is 12.4. The van der Waals surface area contributed by atoms with Crippen LogP contribution in [-0.4, -0.2) is 44.2 Å². The molecule has 1 aromatic heterocycles. The van der Waals surface area contributed by atoms with Crippen LogP contribution < -0.4 is 15.4 Å². The van der Waals surface area contributed by atoms with E-state index in [0.29, 0.717) is 36.2 Å². The lowest BCUT2D eigenvalue weighted by Crippen LogP contribution is -2.31. The average Bonchev–Trinajstić information content (AvgIpc) is 3.27. The van der Waals surface area contributed by atoms with Gasteiger partial charge < -0.3 is 15.4 Å². The second kappa shape index (κ2) is 10.2. The van der Waals surface area contributed by atoms with Crippen molar-refractivity contribution >= 4 is 27.5 Å².